The summed E-state index contributed by atoms with van der Waals surface area (Å²) in [5.74, 6) is 0.176. The molecule has 1 aliphatic rings. The van der Waals surface area contributed by atoms with E-state index in [4.69, 9.17) is 5.11 Å². The van der Waals surface area contributed by atoms with E-state index in [1.807, 2.05) is 4.90 Å². The molecule has 2 N–H and O–H groups in total. The lowest BCUT2D eigenvalue weighted by molar-refractivity contribution is 0.0673. The summed E-state index contributed by atoms with van der Waals surface area (Å²) in [5, 5.41) is 9.67. The van der Waals surface area contributed by atoms with Crippen molar-refractivity contribution in [3.63, 3.8) is 0 Å². The second-order valence-electron chi connectivity index (χ2n) is 5.66. The molecular weight excluding hydrogens is 271 g/mol. The number of amides is 1. The predicted molar refractivity (Wildman–Crippen MR) is 78.6 cm³/mol. The van der Waals surface area contributed by atoms with E-state index in [2.05, 4.69) is 4.98 Å². The molecule has 0 radical (unpaired) electrons. The number of halogens is 1. The Bertz CT molecular complexity index is 645. The number of carbonyl (C=O) groups excluding carboxylic acids is 1. The van der Waals surface area contributed by atoms with Gasteiger partial charge in [0.1, 0.15) is 11.5 Å². The van der Waals surface area contributed by atoms with Gasteiger partial charge in [-0.25, -0.2) is 4.39 Å². The zero-order valence-electron chi connectivity index (χ0n) is 11.8. The van der Waals surface area contributed by atoms with Crippen LogP contribution in [0.1, 0.15) is 29.8 Å². The van der Waals surface area contributed by atoms with Gasteiger partial charge in [0.25, 0.3) is 5.91 Å². The van der Waals surface area contributed by atoms with Crippen molar-refractivity contribution >= 4 is 16.8 Å². The zero-order valence-corrected chi connectivity index (χ0v) is 11.8. The maximum Gasteiger partial charge on any atom is 0.270 e. The number of piperidine rings is 1. The highest BCUT2D eigenvalue weighted by Crippen LogP contribution is 2.23. The lowest BCUT2D eigenvalue weighted by Gasteiger charge is -2.31. The van der Waals surface area contributed by atoms with Crippen LogP contribution in [0.2, 0.25) is 0 Å². The maximum atomic E-state index is 13.2. The van der Waals surface area contributed by atoms with Crippen molar-refractivity contribution in [2.75, 3.05) is 19.7 Å². The minimum atomic E-state index is -0.301. The van der Waals surface area contributed by atoms with E-state index in [0.717, 1.165) is 24.8 Å². The normalized spacial score (nSPS) is 16.6. The number of aliphatic hydroxyl groups excluding tert-OH is 1. The van der Waals surface area contributed by atoms with Crippen molar-refractivity contribution in [1.82, 2.24) is 9.88 Å². The van der Waals surface area contributed by atoms with Gasteiger partial charge in [0.2, 0.25) is 0 Å². The monoisotopic (exact) mass is 290 g/mol. The van der Waals surface area contributed by atoms with Crippen LogP contribution >= 0.6 is 0 Å². The third kappa shape index (κ3) is 2.93. The summed E-state index contributed by atoms with van der Waals surface area (Å²) >= 11 is 0. The Morgan fingerprint density at radius 1 is 1.33 bits per heavy atom. The number of hydrogen-bond acceptors (Lipinski definition) is 2. The number of likely N-dealkylation sites (tertiary alicyclic amines) is 1. The van der Waals surface area contributed by atoms with Crippen LogP contribution in [-0.4, -0.2) is 40.6 Å². The first-order valence-corrected chi connectivity index (χ1v) is 7.36. The summed E-state index contributed by atoms with van der Waals surface area (Å²) in [7, 11) is 0. The molecule has 0 unspecified atom stereocenters. The van der Waals surface area contributed by atoms with Crippen molar-refractivity contribution in [2.45, 2.75) is 19.3 Å². The average molecular weight is 290 g/mol. The summed E-state index contributed by atoms with van der Waals surface area (Å²) in [6.45, 7) is 1.65. The number of aromatic amines is 1. The van der Waals surface area contributed by atoms with Gasteiger partial charge in [0.15, 0.2) is 0 Å². The summed E-state index contributed by atoms with van der Waals surface area (Å²) in [4.78, 5) is 17.4. The first-order chi connectivity index (χ1) is 10.2. The number of fused-ring (bicyclic) bond motifs is 1. The number of nitrogens with one attached hydrogen (secondary N) is 1. The fourth-order valence-electron chi connectivity index (χ4n) is 3.00. The van der Waals surface area contributed by atoms with Crippen LogP contribution < -0.4 is 0 Å². The smallest absolute Gasteiger partial charge is 0.270 e. The number of rotatable bonds is 3. The zero-order chi connectivity index (χ0) is 14.8. The van der Waals surface area contributed by atoms with E-state index in [-0.39, 0.29) is 18.3 Å². The largest absolute Gasteiger partial charge is 0.396 e. The Labute approximate surface area is 122 Å². The van der Waals surface area contributed by atoms with Crippen molar-refractivity contribution in [3.05, 3.63) is 35.8 Å². The van der Waals surface area contributed by atoms with E-state index in [1.165, 1.54) is 12.1 Å². The van der Waals surface area contributed by atoms with E-state index in [9.17, 15) is 9.18 Å². The third-order valence-electron chi connectivity index (χ3n) is 4.25. The minimum Gasteiger partial charge on any atom is -0.396 e. The number of aliphatic hydroxyl groups is 1. The van der Waals surface area contributed by atoms with Crippen LogP contribution in [0, 0.1) is 11.7 Å². The molecule has 1 fully saturated rings. The Kier molecular flexibility index (Phi) is 3.92. The molecule has 0 aliphatic carbocycles. The average Bonchev–Trinajstić information content (AvgIpc) is 2.90. The second kappa shape index (κ2) is 5.85. The van der Waals surface area contributed by atoms with Crippen LogP contribution in [0.25, 0.3) is 10.9 Å². The van der Waals surface area contributed by atoms with Crippen molar-refractivity contribution in [1.29, 1.82) is 0 Å². The minimum absolute atomic E-state index is 0.0333. The lowest BCUT2D eigenvalue weighted by atomic mass is 9.94. The quantitative estimate of drug-likeness (QED) is 0.912. The third-order valence-corrected chi connectivity index (χ3v) is 4.25. The molecule has 1 aromatic heterocycles. The van der Waals surface area contributed by atoms with Crippen LogP contribution in [0.3, 0.4) is 0 Å². The standard InChI is InChI=1S/C16H19FN2O2/c17-13-1-2-14-12(9-13)10-15(18-14)16(21)19-6-3-11(4-7-19)5-8-20/h1-2,9-11,18,20H,3-8H2. The molecule has 1 amide bonds. The number of aromatic nitrogens is 1. The summed E-state index contributed by atoms with van der Waals surface area (Å²) in [6, 6.07) is 6.17. The molecule has 0 spiro atoms. The Morgan fingerprint density at radius 3 is 2.81 bits per heavy atom. The van der Waals surface area contributed by atoms with E-state index in [0.29, 0.717) is 30.1 Å². The molecule has 1 aliphatic heterocycles. The highest BCUT2D eigenvalue weighted by Gasteiger charge is 2.24. The molecule has 2 aromatic rings. The number of nitrogens with zero attached hydrogens (tertiary/aromatic N) is 1. The topological polar surface area (TPSA) is 56.3 Å². The van der Waals surface area contributed by atoms with E-state index >= 15 is 0 Å². The number of carbonyl (C=O) groups is 1. The van der Waals surface area contributed by atoms with Gasteiger partial charge in [-0.15, -0.1) is 0 Å². The van der Waals surface area contributed by atoms with Gasteiger partial charge in [-0.05, 0) is 49.4 Å². The summed E-state index contributed by atoms with van der Waals surface area (Å²) in [6.07, 6.45) is 2.68. The van der Waals surface area contributed by atoms with Crippen LogP contribution in [0.5, 0.6) is 0 Å². The fraction of sp³-hybridized carbons (Fsp3) is 0.438. The molecule has 1 saturated heterocycles. The molecule has 5 heteroatoms. The summed E-state index contributed by atoms with van der Waals surface area (Å²) < 4.78 is 13.2. The first-order valence-electron chi connectivity index (χ1n) is 7.36. The number of H-pyrrole nitrogens is 1. The molecule has 4 nitrogen and oxygen atoms in total. The Morgan fingerprint density at radius 2 is 2.10 bits per heavy atom. The van der Waals surface area contributed by atoms with Crippen molar-refractivity contribution in [2.24, 2.45) is 5.92 Å². The van der Waals surface area contributed by atoms with Gasteiger partial charge in [0, 0.05) is 30.6 Å². The van der Waals surface area contributed by atoms with Gasteiger partial charge >= 0.3 is 0 Å². The lowest BCUT2D eigenvalue weighted by Crippen LogP contribution is -2.38. The molecule has 0 bridgehead atoms. The van der Waals surface area contributed by atoms with Crippen LogP contribution in [0.4, 0.5) is 4.39 Å². The molecule has 0 atom stereocenters. The predicted octanol–water partition coefficient (Wildman–Crippen LogP) is 2.54. The Hall–Kier alpha value is -1.88. The molecule has 3 rings (SSSR count). The SMILES string of the molecule is O=C(c1cc2cc(F)ccc2[nH]1)N1CCC(CCO)CC1. The van der Waals surface area contributed by atoms with Gasteiger partial charge in [-0.3, -0.25) is 4.79 Å². The highest BCUT2D eigenvalue weighted by atomic mass is 19.1. The van der Waals surface area contributed by atoms with Gasteiger partial charge < -0.3 is 15.0 Å². The van der Waals surface area contributed by atoms with E-state index < -0.39 is 0 Å². The fourth-order valence-corrected chi connectivity index (χ4v) is 3.00. The number of hydrogen-bond donors (Lipinski definition) is 2. The van der Waals surface area contributed by atoms with Gasteiger partial charge in [0.05, 0.1) is 0 Å². The van der Waals surface area contributed by atoms with Gasteiger partial charge in [-0.1, -0.05) is 0 Å². The molecule has 21 heavy (non-hydrogen) atoms. The molecule has 112 valence electrons. The van der Waals surface area contributed by atoms with Crippen molar-refractivity contribution in [3.8, 4) is 0 Å². The summed E-state index contributed by atoms with van der Waals surface area (Å²) in [5.41, 5.74) is 1.28. The highest BCUT2D eigenvalue weighted by molar-refractivity contribution is 5.98. The molecular formula is C16H19FN2O2. The molecule has 0 saturated carbocycles. The second-order valence-corrected chi connectivity index (χ2v) is 5.66. The molecule has 1 aromatic carbocycles. The van der Waals surface area contributed by atoms with Crippen molar-refractivity contribution < 1.29 is 14.3 Å². The first kappa shape index (κ1) is 14.1. The Balaban J connectivity index is 1.72. The number of benzene rings is 1. The van der Waals surface area contributed by atoms with Crippen LogP contribution in [-0.2, 0) is 0 Å². The van der Waals surface area contributed by atoms with Crippen LogP contribution in [0.15, 0.2) is 24.3 Å². The molecule has 2 heterocycles. The van der Waals surface area contributed by atoms with Gasteiger partial charge in [-0.2, -0.15) is 0 Å². The van der Waals surface area contributed by atoms with E-state index in [1.54, 1.807) is 12.1 Å². The maximum absolute atomic E-state index is 13.2.